The van der Waals surface area contributed by atoms with Gasteiger partial charge in [0, 0.05) is 17.5 Å². The molecule has 1 aromatic carbocycles. The van der Waals surface area contributed by atoms with Crippen LogP contribution in [0.15, 0.2) is 41.0 Å². The molecule has 0 bridgehead atoms. The first-order valence-electron chi connectivity index (χ1n) is 8.66. The van der Waals surface area contributed by atoms with Crippen LogP contribution in [0, 0.1) is 0 Å². The minimum absolute atomic E-state index is 0.335. The number of hydrazone groups is 1. The van der Waals surface area contributed by atoms with Gasteiger partial charge in [0.05, 0.1) is 24.4 Å². The normalized spacial score (nSPS) is 15.4. The van der Waals surface area contributed by atoms with Gasteiger partial charge >= 0.3 is 6.09 Å². The highest BCUT2D eigenvalue weighted by molar-refractivity contribution is 6.01. The Labute approximate surface area is 152 Å². The van der Waals surface area contributed by atoms with Crippen molar-refractivity contribution in [2.24, 2.45) is 5.10 Å². The van der Waals surface area contributed by atoms with Crippen molar-refractivity contribution in [2.45, 2.75) is 6.92 Å². The third kappa shape index (κ3) is 3.88. The highest BCUT2D eigenvalue weighted by atomic mass is 16.5. The molecule has 1 aromatic heterocycles. The molecular formula is C19H24N4O3. The van der Waals surface area contributed by atoms with E-state index in [0.29, 0.717) is 32.2 Å². The minimum atomic E-state index is -0.388. The Kier molecular flexibility index (Phi) is 5.58. The van der Waals surface area contributed by atoms with Crippen molar-refractivity contribution in [2.75, 3.05) is 40.4 Å². The van der Waals surface area contributed by atoms with E-state index in [-0.39, 0.29) is 6.09 Å². The Morgan fingerprint density at radius 2 is 2.19 bits per heavy atom. The topological polar surface area (TPSA) is 68.1 Å². The molecule has 0 unspecified atom stereocenters. The van der Waals surface area contributed by atoms with Crippen molar-refractivity contribution in [3.63, 3.8) is 0 Å². The van der Waals surface area contributed by atoms with Gasteiger partial charge in [0.25, 0.3) is 0 Å². The molecule has 138 valence electrons. The molecule has 0 radical (unpaired) electrons. The van der Waals surface area contributed by atoms with Gasteiger partial charge in [-0.05, 0) is 39.2 Å². The van der Waals surface area contributed by atoms with E-state index in [1.165, 1.54) is 0 Å². The van der Waals surface area contributed by atoms with Crippen LogP contribution < -0.4 is 5.43 Å². The number of hydrogen-bond donors (Lipinski definition) is 1. The number of para-hydroxylation sites is 1. The molecule has 7 nitrogen and oxygen atoms in total. The highest BCUT2D eigenvalue weighted by Crippen LogP contribution is 2.23. The number of aromatic nitrogens is 1. The summed E-state index contributed by atoms with van der Waals surface area (Å²) in [6.07, 6.45) is 1.53. The van der Waals surface area contributed by atoms with Gasteiger partial charge in [-0.3, -0.25) is 0 Å². The fourth-order valence-corrected chi connectivity index (χ4v) is 2.76. The van der Waals surface area contributed by atoms with Crippen molar-refractivity contribution in [3.05, 3.63) is 41.6 Å². The number of carbonyl (C=O) groups excluding carboxylic acids is 1. The number of hydrogen-bond acceptors (Lipinski definition) is 6. The first-order chi connectivity index (χ1) is 12.6. The van der Waals surface area contributed by atoms with Crippen molar-refractivity contribution in [3.8, 4) is 0 Å². The third-order valence-corrected chi connectivity index (χ3v) is 4.01. The minimum Gasteiger partial charge on any atom is -0.477 e. The number of carbonyl (C=O) groups is 1. The number of fused-ring (bicyclic) bond motifs is 1. The van der Waals surface area contributed by atoms with E-state index in [1.807, 2.05) is 62.3 Å². The van der Waals surface area contributed by atoms with Crippen LogP contribution in [0.25, 0.3) is 17.0 Å². The lowest BCUT2D eigenvalue weighted by Crippen LogP contribution is -2.23. The fraction of sp³-hybridized carbons (Fsp3) is 0.368. The lowest BCUT2D eigenvalue weighted by Gasteiger charge is -2.12. The summed E-state index contributed by atoms with van der Waals surface area (Å²) in [7, 11) is 3.88. The Morgan fingerprint density at radius 1 is 1.38 bits per heavy atom. The first kappa shape index (κ1) is 18.0. The number of nitrogens with zero attached hydrogens (tertiary/aromatic N) is 3. The second-order valence-electron chi connectivity index (χ2n) is 6.24. The van der Waals surface area contributed by atoms with E-state index in [1.54, 1.807) is 4.57 Å². The maximum absolute atomic E-state index is 12.7. The number of likely N-dealkylation sites (N-methyl/N-ethyl adjacent to an activating group) is 1. The van der Waals surface area contributed by atoms with Crippen molar-refractivity contribution >= 4 is 29.0 Å². The fourth-order valence-electron chi connectivity index (χ4n) is 2.76. The van der Waals surface area contributed by atoms with Crippen LogP contribution in [0.1, 0.15) is 12.6 Å². The number of benzene rings is 1. The second kappa shape index (κ2) is 8.05. The number of ether oxygens (including phenoxy) is 2. The molecule has 0 saturated carbocycles. The van der Waals surface area contributed by atoms with Gasteiger partial charge in [-0.25, -0.2) is 9.36 Å². The third-order valence-electron chi connectivity index (χ3n) is 4.01. The van der Waals surface area contributed by atoms with Gasteiger partial charge in [0.2, 0.25) is 5.90 Å². The van der Waals surface area contributed by atoms with E-state index >= 15 is 0 Å². The van der Waals surface area contributed by atoms with E-state index in [0.717, 1.165) is 22.2 Å². The Morgan fingerprint density at radius 3 is 2.96 bits per heavy atom. The van der Waals surface area contributed by atoms with Gasteiger partial charge in [0.1, 0.15) is 6.61 Å². The predicted octanol–water partition coefficient (Wildman–Crippen LogP) is 2.52. The van der Waals surface area contributed by atoms with Crippen LogP contribution in [0.2, 0.25) is 0 Å². The van der Waals surface area contributed by atoms with Crippen LogP contribution in [-0.2, 0) is 9.47 Å². The molecule has 7 heteroatoms. The molecular weight excluding hydrogens is 332 g/mol. The summed E-state index contributed by atoms with van der Waals surface area (Å²) in [6.45, 7) is 4.02. The van der Waals surface area contributed by atoms with Crippen LogP contribution in [0.5, 0.6) is 0 Å². The SMILES string of the molecule is CCOC1=NNC/C1=C\c1cc2ccccc2n1C(=O)OCCN(C)C. The van der Waals surface area contributed by atoms with Crippen LogP contribution in [0.3, 0.4) is 0 Å². The molecule has 26 heavy (non-hydrogen) atoms. The van der Waals surface area contributed by atoms with E-state index in [4.69, 9.17) is 9.47 Å². The molecule has 0 amide bonds. The predicted molar refractivity (Wildman–Crippen MR) is 102 cm³/mol. The Hall–Kier alpha value is -2.80. The van der Waals surface area contributed by atoms with E-state index < -0.39 is 0 Å². The lowest BCUT2D eigenvalue weighted by molar-refractivity contribution is 0.139. The van der Waals surface area contributed by atoms with Gasteiger partial charge in [-0.1, -0.05) is 18.2 Å². The zero-order chi connectivity index (χ0) is 18.5. The molecule has 0 fully saturated rings. The molecule has 0 spiro atoms. The van der Waals surface area contributed by atoms with Gasteiger partial charge in [-0.2, -0.15) is 0 Å². The molecule has 1 aliphatic rings. The Bertz CT molecular complexity index is 852. The average Bonchev–Trinajstić information content (AvgIpc) is 3.19. The van der Waals surface area contributed by atoms with E-state index in [2.05, 4.69) is 10.5 Å². The zero-order valence-corrected chi connectivity index (χ0v) is 15.4. The summed E-state index contributed by atoms with van der Waals surface area (Å²) in [5, 5.41) is 5.12. The van der Waals surface area contributed by atoms with Crippen molar-refractivity contribution in [1.29, 1.82) is 0 Å². The number of rotatable bonds is 5. The summed E-state index contributed by atoms with van der Waals surface area (Å²) in [5.41, 5.74) is 5.38. The molecule has 2 aromatic rings. The van der Waals surface area contributed by atoms with Crippen LogP contribution in [0.4, 0.5) is 4.79 Å². The summed E-state index contributed by atoms with van der Waals surface area (Å²) >= 11 is 0. The van der Waals surface area contributed by atoms with Gasteiger partial charge in [0.15, 0.2) is 0 Å². The summed E-state index contributed by atoms with van der Waals surface area (Å²) < 4.78 is 12.6. The zero-order valence-electron chi connectivity index (χ0n) is 15.4. The summed E-state index contributed by atoms with van der Waals surface area (Å²) in [4.78, 5) is 14.7. The molecule has 3 rings (SSSR count). The second-order valence-corrected chi connectivity index (χ2v) is 6.24. The van der Waals surface area contributed by atoms with E-state index in [9.17, 15) is 4.79 Å². The van der Waals surface area contributed by atoms with Gasteiger partial charge in [-0.15, -0.1) is 5.10 Å². The molecule has 1 N–H and O–H groups in total. The lowest BCUT2D eigenvalue weighted by atomic mass is 10.2. The maximum Gasteiger partial charge on any atom is 0.419 e. The maximum atomic E-state index is 12.7. The molecule has 0 aliphatic carbocycles. The molecule has 0 atom stereocenters. The number of nitrogens with one attached hydrogen (secondary N) is 1. The van der Waals surface area contributed by atoms with Gasteiger partial charge < -0.3 is 19.8 Å². The largest absolute Gasteiger partial charge is 0.477 e. The standard InChI is InChI=1S/C19H24N4O3/c1-4-25-18-15(13-20-21-18)12-16-11-14-7-5-6-8-17(14)23(16)19(24)26-10-9-22(2)3/h5-8,11-12,20H,4,9-10,13H2,1-3H3/b15-12+. The van der Waals surface area contributed by atoms with Crippen molar-refractivity contribution < 1.29 is 14.3 Å². The monoisotopic (exact) mass is 356 g/mol. The van der Waals surface area contributed by atoms with Crippen LogP contribution in [-0.4, -0.2) is 61.9 Å². The van der Waals surface area contributed by atoms with Crippen molar-refractivity contribution in [1.82, 2.24) is 14.9 Å². The quantitative estimate of drug-likeness (QED) is 0.892. The molecule has 2 heterocycles. The Balaban J connectivity index is 1.95. The first-order valence-corrected chi connectivity index (χ1v) is 8.66. The summed E-state index contributed by atoms with van der Waals surface area (Å²) in [5.74, 6) is 0.560. The highest BCUT2D eigenvalue weighted by Gasteiger charge is 2.19. The smallest absolute Gasteiger partial charge is 0.419 e. The average molecular weight is 356 g/mol. The van der Waals surface area contributed by atoms with Crippen LogP contribution >= 0.6 is 0 Å². The molecule has 1 aliphatic heterocycles. The molecule has 0 saturated heterocycles. The summed E-state index contributed by atoms with van der Waals surface area (Å²) in [6, 6.07) is 9.72.